The quantitative estimate of drug-likeness (QED) is 0.585. The lowest BCUT2D eigenvalue weighted by Crippen LogP contribution is -2.16. The highest BCUT2D eigenvalue weighted by atomic mass is 32.2. The number of Topliss-reactive ketones (excluding diaryl/α,β-unsaturated/α-hetero) is 1. The van der Waals surface area contributed by atoms with E-state index >= 15 is 0 Å². The lowest BCUT2D eigenvalue weighted by Gasteiger charge is -2.07. The molecule has 0 spiro atoms. The molecule has 0 aromatic rings. The minimum absolute atomic E-state index is 0.0823. The minimum Gasteiger partial charge on any atom is -0.300 e. The standard InChI is InChI=1S/C6H12O4S/c1-5(7)4-6(2)10-11(3,8)9/h6H,4H2,1-3H3/t6-/m1/s1. The molecular weight excluding hydrogens is 168 g/mol. The van der Waals surface area contributed by atoms with Crippen LogP contribution in [0.15, 0.2) is 0 Å². The van der Waals surface area contributed by atoms with Gasteiger partial charge in [0.2, 0.25) is 0 Å². The van der Waals surface area contributed by atoms with Gasteiger partial charge in [-0.3, -0.25) is 8.98 Å². The monoisotopic (exact) mass is 180 g/mol. The Labute approximate surface area is 66.7 Å². The second-order valence-electron chi connectivity index (χ2n) is 2.52. The summed E-state index contributed by atoms with van der Waals surface area (Å²) in [5.41, 5.74) is 0. The Morgan fingerprint density at radius 1 is 1.55 bits per heavy atom. The summed E-state index contributed by atoms with van der Waals surface area (Å²) in [4.78, 5) is 10.5. The maximum Gasteiger partial charge on any atom is 0.264 e. The van der Waals surface area contributed by atoms with Crippen LogP contribution in [0, 0.1) is 0 Å². The topological polar surface area (TPSA) is 60.4 Å². The van der Waals surface area contributed by atoms with Gasteiger partial charge in [0.05, 0.1) is 12.4 Å². The van der Waals surface area contributed by atoms with Gasteiger partial charge in [-0.05, 0) is 13.8 Å². The molecule has 4 nitrogen and oxygen atoms in total. The zero-order chi connectivity index (χ0) is 9.07. The third kappa shape index (κ3) is 7.48. The summed E-state index contributed by atoms with van der Waals surface area (Å²) in [6, 6.07) is 0. The van der Waals surface area contributed by atoms with E-state index in [4.69, 9.17) is 0 Å². The molecule has 0 rings (SSSR count). The molecule has 0 saturated heterocycles. The molecule has 0 bridgehead atoms. The summed E-state index contributed by atoms with van der Waals surface area (Å²) < 4.78 is 25.5. The first kappa shape index (κ1) is 10.6. The van der Waals surface area contributed by atoms with Gasteiger partial charge in [0.1, 0.15) is 5.78 Å². The minimum atomic E-state index is -3.42. The van der Waals surface area contributed by atoms with Gasteiger partial charge in [-0.15, -0.1) is 0 Å². The second kappa shape index (κ2) is 3.82. The van der Waals surface area contributed by atoms with Crippen LogP contribution in [0.3, 0.4) is 0 Å². The summed E-state index contributed by atoms with van der Waals surface area (Å²) in [6.45, 7) is 2.94. The third-order valence-electron chi connectivity index (χ3n) is 0.914. The van der Waals surface area contributed by atoms with Crippen molar-refractivity contribution in [2.45, 2.75) is 26.4 Å². The molecule has 0 saturated carbocycles. The molecule has 0 amide bonds. The van der Waals surface area contributed by atoms with Crippen LogP contribution in [-0.2, 0) is 19.1 Å². The lowest BCUT2D eigenvalue weighted by atomic mass is 10.2. The van der Waals surface area contributed by atoms with Gasteiger partial charge in [0.25, 0.3) is 10.1 Å². The molecular formula is C6H12O4S. The van der Waals surface area contributed by atoms with Crippen molar-refractivity contribution in [2.75, 3.05) is 6.26 Å². The molecule has 0 aromatic heterocycles. The maximum absolute atomic E-state index is 10.5. The average Bonchev–Trinajstić information content (AvgIpc) is 1.53. The van der Waals surface area contributed by atoms with Crippen molar-refractivity contribution < 1.29 is 17.4 Å². The molecule has 0 aliphatic rings. The van der Waals surface area contributed by atoms with Crippen molar-refractivity contribution in [3.05, 3.63) is 0 Å². The molecule has 66 valence electrons. The number of ketones is 1. The van der Waals surface area contributed by atoms with Crippen molar-refractivity contribution in [3.8, 4) is 0 Å². The lowest BCUT2D eigenvalue weighted by molar-refractivity contribution is -0.118. The number of carbonyl (C=O) groups is 1. The highest BCUT2D eigenvalue weighted by Gasteiger charge is 2.11. The van der Waals surface area contributed by atoms with Crippen LogP contribution in [0.5, 0.6) is 0 Å². The molecule has 0 heterocycles. The summed E-state index contributed by atoms with van der Waals surface area (Å²) in [5.74, 6) is -0.0823. The van der Waals surface area contributed by atoms with Gasteiger partial charge in [0, 0.05) is 6.42 Å². The van der Waals surface area contributed by atoms with E-state index in [1.54, 1.807) is 6.92 Å². The Balaban J connectivity index is 3.89. The van der Waals surface area contributed by atoms with Crippen molar-refractivity contribution in [3.63, 3.8) is 0 Å². The second-order valence-corrected chi connectivity index (χ2v) is 4.12. The Kier molecular flexibility index (Phi) is 3.68. The van der Waals surface area contributed by atoms with Crippen molar-refractivity contribution in [2.24, 2.45) is 0 Å². The first-order chi connectivity index (χ1) is 4.81. The molecule has 0 unspecified atom stereocenters. The van der Waals surface area contributed by atoms with Gasteiger partial charge >= 0.3 is 0 Å². The normalized spacial score (nSPS) is 14.5. The number of carbonyl (C=O) groups excluding carboxylic acids is 1. The van der Waals surface area contributed by atoms with E-state index in [1.165, 1.54) is 6.92 Å². The molecule has 11 heavy (non-hydrogen) atoms. The zero-order valence-electron chi connectivity index (χ0n) is 6.83. The Morgan fingerprint density at radius 3 is 2.27 bits per heavy atom. The molecule has 0 aliphatic heterocycles. The molecule has 0 aromatic carbocycles. The fraction of sp³-hybridized carbons (Fsp3) is 0.833. The van der Waals surface area contributed by atoms with Crippen LogP contribution in [-0.4, -0.2) is 26.6 Å². The maximum atomic E-state index is 10.5. The SMILES string of the molecule is CC(=O)C[C@@H](C)OS(C)(=O)=O. The molecule has 0 fully saturated rings. The zero-order valence-corrected chi connectivity index (χ0v) is 7.64. The first-order valence-corrected chi connectivity index (χ1v) is 5.00. The molecule has 0 N–H and O–H groups in total. The Morgan fingerprint density at radius 2 is 2.00 bits per heavy atom. The molecule has 0 aliphatic carbocycles. The van der Waals surface area contributed by atoms with E-state index in [9.17, 15) is 13.2 Å². The average molecular weight is 180 g/mol. The van der Waals surface area contributed by atoms with Crippen molar-refractivity contribution in [1.82, 2.24) is 0 Å². The first-order valence-electron chi connectivity index (χ1n) is 3.19. The fourth-order valence-electron chi connectivity index (χ4n) is 0.737. The van der Waals surface area contributed by atoms with Crippen LogP contribution in [0.1, 0.15) is 20.3 Å². The van der Waals surface area contributed by atoms with Crippen LogP contribution < -0.4 is 0 Å². The van der Waals surface area contributed by atoms with Crippen molar-refractivity contribution >= 4 is 15.9 Å². The van der Waals surface area contributed by atoms with Crippen molar-refractivity contribution in [1.29, 1.82) is 0 Å². The molecule has 1 atom stereocenters. The molecule has 5 heteroatoms. The number of rotatable bonds is 4. The highest BCUT2D eigenvalue weighted by molar-refractivity contribution is 7.86. The van der Waals surface area contributed by atoms with E-state index in [2.05, 4.69) is 4.18 Å². The van der Waals surface area contributed by atoms with Gasteiger partial charge < -0.3 is 0 Å². The smallest absolute Gasteiger partial charge is 0.264 e. The largest absolute Gasteiger partial charge is 0.300 e. The summed E-state index contributed by atoms with van der Waals surface area (Å²) in [7, 11) is -3.42. The van der Waals surface area contributed by atoms with E-state index in [0.717, 1.165) is 6.26 Å². The van der Waals surface area contributed by atoms with Crippen LogP contribution in [0.25, 0.3) is 0 Å². The Bertz CT molecular complexity index is 229. The van der Waals surface area contributed by atoms with Crippen LogP contribution in [0.4, 0.5) is 0 Å². The van der Waals surface area contributed by atoms with Gasteiger partial charge in [-0.2, -0.15) is 8.42 Å². The van der Waals surface area contributed by atoms with Gasteiger partial charge in [-0.1, -0.05) is 0 Å². The summed E-state index contributed by atoms with van der Waals surface area (Å²) in [6.07, 6.45) is 0.541. The third-order valence-corrected chi connectivity index (χ3v) is 1.59. The van der Waals surface area contributed by atoms with E-state index in [-0.39, 0.29) is 12.2 Å². The van der Waals surface area contributed by atoms with Gasteiger partial charge in [0.15, 0.2) is 0 Å². The van der Waals surface area contributed by atoms with Crippen LogP contribution in [0.2, 0.25) is 0 Å². The molecule has 0 radical (unpaired) electrons. The highest BCUT2D eigenvalue weighted by Crippen LogP contribution is 2.01. The van der Waals surface area contributed by atoms with E-state index in [1.807, 2.05) is 0 Å². The number of hydrogen-bond donors (Lipinski definition) is 0. The van der Waals surface area contributed by atoms with Gasteiger partial charge in [-0.25, -0.2) is 0 Å². The predicted octanol–water partition coefficient (Wildman–Crippen LogP) is 0.330. The fourth-order valence-corrected chi connectivity index (χ4v) is 1.40. The summed E-state index contributed by atoms with van der Waals surface area (Å²) >= 11 is 0. The summed E-state index contributed by atoms with van der Waals surface area (Å²) in [5, 5.41) is 0. The van der Waals surface area contributed by atoms with E-state index < -0.39 is 16.2 Å². The number of hydrogen-bond acceptors (Lipinski definition) is 4. The Hall–Kier alpha value is -0.420. The van der Waals surface area contributed by atoms with E-state index in [0.29, 0.717) is 0 Å². The predicted molar refractivity (Wildman–Crippen MR) is 40.7 cm³/mol. The van der Waals surface area contributed by atoms with Crippen LogP contribution >= 0.6 is 0 Å².